The van der Waals surface area contributed by atoms with Gasteiger partial charge in [0, 0.05) is 23.2 Å². The predicted octanol–water partition coefficient (Wildman–Crippen LogP) is 3.61. The van der Waals surface area contributed by atoms with Crippen molar-refractivity contribution < 1.29 is 4.74 Å². The predicted molar refractivity (Wildman–Crippen MR) is 78.3 cm³/mol. The van der Waals surface area contributed by atoms with Crippen LogP contribution < -0.4 is 4.74 Å². The zero-order valence-electron chi connectivity index (χ0n) is 11.2. The van der Waals surface area contributed by atoms with Gasteiger partial charge in [0.15, 0.2) is 5.82 Å². The minimum atomic E-state index is 0.626. The Morgan fingerprint density at radius 2 is 1.95 bits per heavy atom. The van der Waals surface area contributed by atoms with Crippen LogP contribution in [0.5, 0.6) is 5.75 Å². The van der Waals surface area contributed by atoms with Crippen LogP contribution in [0.1, 0.15) is 29.7 Å². The van der Waals surface area contributed by atoms with Gasteiger partial charge in [-0.3, -0.25) is 0 Å². The molecule has 2 aromatic rings. The second-order valence-corrected chi connectivity index (χ2v) is 5.75. The number of hydrogen-bond donors (Lipinski definition) is 0. The van der Waals surface area contributed by atoms with E-state index in [0.29, 0.717) is 5.15 Å². The Morgan fingerprint density at radius 1 is 1.05 bits per heavy atom. The molecule has 0 bridgehead atoms. The van der Waals surface area contributed by atoms with Crippen molar-refractivity contribution in [2.75, 3.05) is 6.61 Å². The smallest absolute Gasteiger partial charge is 0.161 e. The maximum atomic E-state index is 6.34. The van der Waals surface area contributed by atoms with Gasteiger partial charge in [0.25, 0.3) is 0 Å². The maximum absolute atomic E-state index is 6.34. The highest BCUT2D eigenvalue weighted by molar-refractivity contribution is 6.30. The van der Waals surface area contributed by atoms with Crippen molar-refractivity contribution >= 4 is 11.6 Å². The molecule has 0 saturated heterocycles. The Balaban J connectivity index is 1.80. The van der Waals surface area contributed by atoms with Crippen molar-refractivity contribution in [3.8, 4) is 17.1 Å². The van der Waals surface area contributed by atoms with Gasteiger partial charge in [-0.1, -0.05) is 11.6 Å². The third kappa shape index (κ3) is 1.97. The summed E-state index contributed by atoms with van der Waals surface area (Å²) in [5.74, 6) is 1.73. The van der Waals surface area contributed by atoms with Crippen LogP contribution in [0, 0.1) is 0 Å². The molecular weight excluding hydrogens is 272 g/mol. The van der Waals surface area contributed by atoms with Gasteiger partial charge in [0.1, 0.15) is 10.9 Å². The molecule has 0 radical (unpaired) electrons. The second kappa shape index (κ2) is 4.74. The van der Waals surface area contributed by atoms with E-state index in [1.165, 1.54) is 18.4 Å². The molecule has 2 heterocycles. The van der Waals surface area contributed by atoms with Crippen LogP contribution in [0.2, 0.25) is 5.15 Å². The highest BCUT2D eigenvalue weighted by atomic mass is 35.5. The molecule has 4 rings (SSSR count). The molecule has 0 atom stereocenters. The van der Waals surface area contributed by atoms with Crippen molar-refractivity contribution in [1.82, 2.24) is 9.97 Å². The van der Waals surface area contributed by atoms with Gasteiger partial charge in [-0.25, -0.2) is 9.97 Å². The number of benzene rings is 1. The van der Waals surface area contributed by atoms with Crippen molar-refractivity contribution in [2.45, 2.75) is 32.1 Å². The lowest BCUT2D eigenvalue weighted by Gasteiger charge is -2.16. The third-order valence-electron chi connectivity index (χ3n) is 4.08. The van der Waals surface area contributed by atoms with Crippen LogP contribution in [0.25, 0.3) is 11.4 Å². The Bertz CT molecular complexity index is 684. The molecule has 4 heteroatoms. The molecule has 0 spiro atoms. The minimum Gasteiger partial charge on any atom is -0.493 e. The fourth-order valence-corrected chi connectivity index (χ4v) is 3.29. The molecule has 3 nitrogen and oxygen atoms in total. The van der Waals surface area contributed by atoms with E-state index in [-0.39, 0.29) is 0 Å². The zero-order chi connectivity index (χ0) is 13.5. The monoisotopic (exact) mass is 286 g/mol. The van der Waals surface area contributed by atoms with Gasteiger partial charge in [-0.15, -0.1) is 0 Å². The van der Waals surface area contributed by atoms with Crippen LogP contribution in [0.4, 0.5) is 0 Å². The third-order valence-corrected chi connectivity index (χ3v) is 4.39. The summed E-state index contributed by atoms with van der Waals surface area (Å²) in [6, 6.07) is 6.16. The van der Waals surface area contributed by atoms with E-state index in [4.69, 9.17) is 21.3 Å². The first-order valence-electron chi connectivity index (χ1n) is 7.12. The average molecular weight is 287 g/mol. The number of rotatable bonds is 1. The lowest BCUT2D eigenvalue weighted by atomic mass is 9.97. The van der Waals surface area contributed by atoms with Crippen molar-refractivity contribution in [1.29, 1.82) is 0 Å². The standard InChI is InChI=1S/C16H15ClN2O/c17-15-12-3-1-2-4-13(12)18-16(19-15)11-5-6-14-10(9-11)7-8-20-14/h5-6,9H,1-4,7-8H2. The van der Waals surface area contributed by atoms with E-state index in [0.717, 1.165) is 54.3 Å². The Morgan fingerprint density at radius 3 is 2.90 bits per heavy atom. The number of halogens is 1. The molecule has 1 aliphatic carbocycles. The maximum Gasteiger partial charge on any atom is 0.161 e. The number of nitrogens with zero attached hydrogens (tertiary/aromatic N) is 2. The molecule has 0 N–H and O–H groups in total. The van der Waals surface area contributed by atoms with Gasteiger partial charge in [0.2, 0.25) is 0 Å². The van der Waals surface area contributed by atoms with Crippen molar-refractivity contribution in [2.24, 2.45) is 0 Å². The summed E-state index contributed by atoms with van der Waals surface area (Å²) in [7, 11) is 0. The summed E-state index contributed by atoms with van der Waals surface area (Å²) in [5, 5.41) is 0.626. The van der Waals surface area contributed by atoms with Gasteiger partial charge >= 0.3 is 0 Å². The molecule has 0 unspecified atom stereocenters. The normalized spacial score (nSPS) is 16.4. The molecule has 1 aromatic heterocycles. The Hall–Kier alpha value is -1.61. The summed E-state index contributed by atoms with van der Waals surface area (Å²) in [6.07, 6.45) is 5.36. The van der Waals surface area contributed by atoms with E-state index in [1.54, 1.807) is 0 Å². The van der Waals surface area contributed by atoms with Crippen LogP contribution in [-0.4, -0.2) is 16.6 Å². The molecule has 0 fully saturated rings. The van der Waals surface area contributed by atoms with Crippen molar-refractivity contribution in [3.05, 3.63) is 40.2 Å². The van der Waals surface area contributed by atoms with E-state index in [2.05, 4.69) is 11.1 Å². The number of aryl methyl sites for hydroxylation is 1. The molecule has 0 saturated carbocycles. The molecule has 20 heavy (non-hydrogen) atoms. The number of fused-ring (bicyclic) bond motifs is 2. The van der Waals surface area contributed by atoms with E-state index in [9.17, 15) is 0 Å². The zero-order valence-corrected chi connectivity index (χ0v) is 11.9. The van der Waals surface area contributed by atoms with Crippen molar-refractivity contribution in [3.63, 3.8) is 0 Å². The second-order valence-electron chi connectivity index (χ2n) is 5.39. The minimum absolute atomic E-state index is 0.626. The fourth-order valence-electron chi connectivity index (χ4n) is 3.00. The number of aromatic nitrogens is 2. The molecule has 1 aliphatic heterocycles. The molecular formula is C16H15ClN2O. The number of ether oxygens (including phenoxy) is 1. The van der Waals surface area contributed by atoms with Crippen LogP contribution in [0.15, 0.2) is 18.2 Å². The van der Waals surface area contributed by atoms with Crippen LogP contribution in [0.3, 0.4) is 0 Å². The van der Waals surface area contributed by atoms with Gasteiger partial charge in [0.05, 0.1) is 6.61 Å². The SMILES string of the molecule is Clc1nc(-c2ccc3c(c2)CCO3)nc2c1CCCC2. The first-order valence-corrected chi connectivity index (χ1v) is 7.50. The largest absolute Gasteiger partial charge is 0.493 e. The van der Waals surface area contributed by atoms with Crippen LogP contribution in [-0.2, 0) is 19.3 Å². The molecule has 0 amide bonds. The molecule has 102 valence electrons. The quantitative estimate of drug-likeness (QED) is 0.751. The first-order chi connectivity index (χ1) is 9.81. The lowest BCUT2D eigenvalue weighted by molar-refractivity contribution is 0.357. The average Bonchev–Trinajstić information content (AvgIpc) is 2.94. The fraction of sp³-hybridized carbons (Fsp3) is 0.375. The van der Waals surface area contributed by atoms with E-state index >= 15 is 0 Å². The van der Waals surface area contributed by atoms with Gasteiger partial charge in [-0.05, 0) is 49.4 Å². The summed E-state index contributed by atoms with van der Waals surface area (Å²) >= 11 is 6.34. The van der Waals surface area contributed by atoms with Gasteiger partial charge in [-0.2, -0.15) is 0 Å². The summed E-state index contributed by atoms with van der Waals surface area (Å²) in [4.78, 5) is 9.23. The number of hydrogen-bond acceptors (Lipinski definition) is 3. The summed E-state index contributed by atoms with van der Waals surface area (Å²) in [6.45, 7) is 0.768. The summed E-state index contributed by atoms with van der Waals surface area (Å²) < 4.78 is 5.54. The van der Waals surface area contributed by atoms with Gasteiger partial charge < -0.3 is 4.74 Å². The first kappa shape index (κ1) is 12.2. The topological polar surface area (TPSA) is 35.0 Å². The highest BCUT2D eigenvalue weighted by Crippen LogP contribution is 2.32. The molecule has 2 aliphatic rings. The van der Waals surface area contributed by atoms with Crippen LogP contribution >= 0.6 is 11.6 Å². The lowest BCUT2D eigenvalue weighted by Crippen LogP contribution is -2.08. The summed E-state index contributed by atoms with van der Waals surface area (Å²) in [5.41, 5.74) is 4.54. The van der Waals surface area contributed by atoms with E-state index < -0.39 is 0 Å². The molecule has 1 aromatic carbocycles. The Labute approximate surface area is 123 Å². The van der Waals surface area contributed by atoms with E-state index in [1.807, 2.05) is 12.1 Å². The Kier molecular flexibility index (Phi) is 2.88. The highest BCUT2D eigenvalue weighted by Gasteiger charge is 2.19.